The monoisotopic (exact) mass is 1880 g/mol. The van der Waals surface area contributed by atoms with E-state index >= 15 is 0 Å². The number of furan rings is 2. The Hall–Kier alpha value is -14.0. The van der Waals surface area contributed by atoms with Gasteiger partial charge in [0.1, 0.15) is 43.8 Å². The van der Waals surface area contributed by atoms with Gasteiger partial charge in [0, 0.05) is 207 Å². The lowest BCUT2D eigenvalue weighted by molar-refractivity contribution is 0.0980. The Kier molecular flexibility index (Phi) is 32.2. The number of Topliss-reactive ketones (excluding diaryl/α,β-unsaturated/α-hetero) is 5. The molecule has 7 aromatic carbocycles. The summed E-state index contributed by atoms with van der Waals surface area (Å²) in [7, 11) is 2.12. The van der Waals surface area contributed by atoms with E-state index in [9.17, 15) is 24.0 Å². The molecule has 5 saturated heterocycles. The number of nitrogens with zero attached hydrogens (tertiary/aromatic N) is 13. The first kappa shape index (κ1) is 94.2. The van der Waals surface area contributed by atoms with E-state index in [1.807, 2.05) is 175 Å². The van der Waals surface area contributed by atoms with Crippen molar-refractivity contribution in [2.75, 3.05) is 191 Å². The molecule has 8 aromatic heterocycles. The van der Waals surface area contributed by atoms with Crippen molar-refractivity contribution in [2.45, 2.75) is 32.1 Å². The normalized spacial score (nSPS) is 14.5. The molecule has 135 heavy (non-hydrogen) atoms. The van der Waals surface area contributed by atoms with Gasteiger partial charge in [-0.3, -0.25) is 24.0 Å². The van der Waals surface area contributed by atoms with Gasteiger partial charge in [-0.05, 0) is 165 Å². The van der Waals surface area contributed by atoms with Crippen LogP contribution < -0.4 is 74.4 Å². The lowest BCUT2D eigenvalue weighted by atomic mass is 9.98. The van der Waals surface area contributed by atoms with Gasteiger partial charge in [0.15, 0.2) is 43.9 Å². The van der Waals surface area contributed by atoms with Crippen molar-refractivity contribution in [3.05, 3.63) is 304 Å². The van der Waals surface area contributed by atoms with Crippen molar-refractivity contribution in [3.63, 3.8) is 0 Å². The number of ketones is 5. The van der Waals surface area contributed by atoms with Gasteiger partial charge in [-0.25, -0.2) is 34.9 Å². The van der Waals surface area contributed by atoms with Gasteiger partial charge >= 0.3 is 0 Å². The predicted octanol–water partition coefficient (Wildman–Crippen LogP) is 14.4. The summed E-state index contributed by atoms with van der Waals surface area (Å²) in [6, 6.07) is 58.7. The molecule has 0 aliphatic carbocycles. The molecule has 0 bridgehead atoms. The highest BCUT2D eigenvalue weighted by atomic mass is 32.1. The molecule has 14 N–H and O–H groups in total. The Morgan fingerprint density at radius 3 is 1.05 bits per heavy atom. The first-order chi connectivity index (χ1) is 65.9. The number of nitrogens with one attached hydrogen (secondary N) is 4. The third kappa shape index (κ3) is 25.3. The van der Waals surface area contributed by atoms with Crippen LogP contribution >= 0.6 is 45.3 Å². The molecule has 15 aromatic rings. The average Bonchev–Trinajstić information content (AvgIpc) is 1.83. The van der Waals surface area contributed by atoms with E-state index in [2.05, 4.69) is 111 Å². The van der Waals surface area contributed by atoms with Crippen molar-refractivity contribution >= 4 is 129 Å². The van der Waals surface area contributed by atoms with Crippen molar-refractivity contribution < 1.29 is 32.8 Å². The number of carbonyl (C=O) groups excluding carboxylic acids is 5. The smallest absolute Gasteiger partial charge is 0.195 e. The average molecular weight is 1880 g/mol. The number of piperazine rings is 5. The standard InChI is InChI=1S/C22H23N5O.C21H23N5OS.C21H22N4OS.2C19H20N4O2S/c23-19-7-6-17(16-4-2-1-3-5-16)12-18(19)13-21(28)20-14-26-22(15-25-20)27-10-8-24-9-11-27;1-25-6-8-26(9-7-25)21-14-23-18(13-24-21)19(27)12-16-11-15(4-5-17(16)22)20-3-2-10-28-20;22-18-7-6-16(15-4-2-1-3-5-15)12-17(18)13-19(26)21-24-14-20(27-21)25-10-8-23-9-11-25;20-16-2-1-13(14-3-8-25-12-14)9-15(16)10-17(24)19-22-11-18(26-19)23-6-4-21-5-7-23;20-15-4-3-13(17-2-1-9-25-17)10-14(15)11-16(24)19-22-12-18(26-19)23-7-5-21-6-8-23/h1-7,12,14-15,24H,8-11,13,23H2;2-5,10-11,13-14H,6-9,12,22H2,1H3;1-7,12,14,23H,8-11,13,22H2;1-3,8-9,11-12,21H,4-7,10,20H2;1-4,9-10,12,21H,5-8,11,20H2. The third-order valence-electron chi connectivity index (χ3n) is 23.7. The number of hydrogen-bond acceptors (Lipinski definition) is 33. The van der Waals surface area contributed by atoms with E-state index in [0.29, 0.717) is 54.8 Å². The quantitative estimate of drug-likeness (QED) is 0.0189. The molecule has 5 aliphatic heterocycles. The Morgan fingerprint density at radius 2 is 0.689 bits per heavy atom. The Bertz CT molecular complexity index is 6280. The second-order valence-corrected chi connectivity index (χ2v) is 37.0. The summed E-state index contributed by atoms with van der Waals surface area (Å²) in [5.74, 6) is 2.22. The number of hydrogen-bond donors (Lipinski definition) is 9. The molecular formula is C102H108N22O7S4. The highest BCUT2D eigenvalue weighted by Crippen LogP contribution is 2.35. The first-order valence-corrected chi connectivity index (χ1v) is 48.3. The number of nitrogens with two attached hydrogens (primary N) is 5. The maximum atomic E-state index is 12.8. The van der Waals surface area contributed by atoms with Crippen molar-refractivity contribution in [2.24, 2.45) is 0 Å². The van der Waals surface area contributed by atoms with E-state index in [4.69, 9.17) is 37.5 Å². The number of benzene rings is 7. The van der Waals surface area contributed by atoms with E-state index in [0.717, 1.165) is 240 Å². The fourth-order valence-electron chi connectivity index (χ4n) is 16.0. The molecule has 0 radical (unpaired) electrons. The molecule has 692 valence electrons. The number of likely N-dealkylation sites (N-methyl/N-ethyl adjacent to an activating group) is 1. The highest BCUT2D eigenvalue weighted by molar-refractivity contribution is 7.18. The maximum absolute atomic E-state index is 12.8. The summed E-state index contributed by atoms with van der Waals surface area (Å²) in [5.41, 5.74) is 46.7. The Balaban J connectivity index is 0.000000123. The van der Waals surface area contributed by atoms with E-state index < -0.39 is 0 Å². The van der Waals surface area contributed by atoms with Crippen molar-refractivity contribution in [1.82, 2.24) is 61.1 Å². The zero-order valence-electron chi connectivity index (χ0n) is 75.0. The third-order valence-corrected chi connectivity index (χ3v) is 28.0. The van der Waals surface area contributed by atoms with E-state index in [-0.39, 0.29) is 61.0 Å². The minimum Gasteiger partial charge on any atom is -0.472 e. The fourth-order valence-corrected chi connectivity index (χ4v) is 19.4. The zero-order valence-corrected chi connectivity index (χ0v) is 78.3. The fraction of sp³-hybridized carbons (Fsp3) is 0.255. The minimum absolute atomic E-state index is 0.00701. The van der Waals surface area contributed by atoms with Gasteiger partial charge in [-0.2, -0.15) is 0 Å². The second kappa shape index (κ2) is 46.1. The Morgan fingerprint density at radius 1 is 0.326 bits per heavy atom. The first-order valence-electron chi connectivity index (χ1n) is 45.0. The molecule has 29 nitrogen and oxygen atoms in total. The predicted molar refractivity (Wildman–Crippen MR) is 544 cm³/mol. The van der Waals surface area contributed by atoms with Crippen LogP contribution in [0.1, 0.15) is 78.2 Å². The summed E-state index contributed by atoms with van der Waals surface area (Å²) in [6.07, 6.45) is 18.0. The van der Waals surface area contributed by atoms with Crippen LogP contribution in [0, 0.1) is 0 Å². The number of anilines is 10. The van der Waals surface area contributed by atoms with E-state index in [1.54, 1.807) is 67.3 Å². The molecule has 5 aliphatic rings. The van der Waals surface area contributed by atoms with Crippen LogP contribution in [0.25, 0.3) is 55.1 Å². The lowest BCUT2D eigenvalue weighted by Crippen LogP contribution is -2.44. The van der Waals surface area contributed by atoms with Crippen LogP contribution in [0.3, 0.4) is 0 Å². The van der Waals surface area contributed by atoms with Crippen LogP contribution in [0.2, 0.25) is 0 Å². The van der Waals surface area contributed by atoms with Gasteiger partial charge in [-0.1, -0.05) is 125 Å². The minimum atomic E-state index is -0.0868. The van der Waals surface area contributed by atoms with Gasteiger partial charge in [0.05, 0.1) is 62.2 Å². The van der Waals surface area contributed by atoms with Crippen LogP contribution in [0.15, 0.2) is 258 Å². The number of thiophene rings is 1. The van der Waals surface area contributed by atoms with Crippen molar-refractivity contribution in [3.8, 4) is 55.1 Å². The van der Waals surface area contributed by atoms with Gasteiger partial charge in [0.25, 0.3) is 0 Å². The van der Waals surface area contributed by atoms with Crippen LogP contribution in [0.4, 0.5) is 55.1 Å². The zero-order chi connectivity index (χ0) is 93.4. The summed E-state index contributed by atoms with van der Waals surface area (Å²) >= 11 is 6.04. The molecule has 0 spiro atoms. The van der Waals surface area contributed by atoms with Gasteiger partial charge < -0.3 is 88.2 Å². The van der Waals surface area contributed by atoms with Crippen LogP contribution in [-0.2, 0) is 32.1 Å². The molecule has 13 heterocycles. The molecule has 0 atom stereocenters. The number of rotatable bonds is 25. The number of carbonyl (C=O) groups is 5. The second-order valence-electron chi connectivity index (χ2n) is 33.0. The molecular weight excluding hydrogens is 1770 g/mol. The van der Waals surface area contributed by atoms with Gasteiger partial charge in [0.2, 0.25) is 0 Å². The molecule has 0 unspecified atom stereocenters. The number of nitrogen functional groups attached to an aromatic ring is 5. The molecule has 0 saturated carbocycles. The van der Waals surface area contributed by atoms with Crippen LogP contribution in [0.5, 0.6) is 0 Å². The van der Waals surface area contributed by atoms with Crippen LogP contribution in [-0.4, -0.2) is 207 Å². The largest absolute Gasteiger partial charge is 0.472 e. The highest BCUT2D eigenvalue weighted by Gasteiger charge is 2.26. The van der Waals surface area contributed by atoms with Gasteiger partial charge in [-0.15, -0.1) is 11.3 Å². The summed E-state index contributed by atoms with van der Waals surface area (Å²) in [4.78, 5) is 109. The van der Waals surface area contributed by atoms with Crippen molar-refractivity contribution in [1.29, 1.82) is 0 Å². The number of thiazole rings is 3. The van der Waals surface area contributed by atoms with E-state index in [1.165, 1.54) is 34.0 Å². The maximum Gasteiger partial charge on any atom is 0.195 e. The lowest BCUT2D eigenvalue weighted by Gasteiger charge is -2.32. The topological polar surface area (TPSA) is 400 Å². The summed E-state index contributed by atoms with van der Waals surface area (Å²) in [5, 5.41) is 20.1. The molecule has 33 heteroatoms. The summed E-state index contributed by atoms with van der Waals surface area (Å²) in [6.45, 7) is 18.9. The number of aromatic nitrogens is 7. The molecule has 5 fully saturated rings. The molecule has 20 rings (SSSR count). The molecule has 0 amide bonds. The SMILES string of the molecule is CN1CCN(c2cnc(C(=O)Cc3cc(-c4cccs4)ccc3N)cn2)CC1.Nc1ccc(-c2ccccc2)cc1CC(=O)c1cnc(N2CCNCC2)cn1.Nc1ccc(-c2ccccc2)cc1CC(=O)c1ncc(N2CCNCC2)s1.Nc1ccc(-c2ccco2)cc1CC(=O)c1ncc(N2CCNCC2)s1.Nc1ccc(-c2ccoc2)cc1CC(=O)c1ncc(N2CCNCC2)s1. The Labute approximate surface area is 799 Å². The summed E-state index contributed by atoms with van der Waals surface area (Å²) < 4.78 is 10.6.